The number of benzene rings is 2. The highest BCUT2D eigenvalue weighted by Crippen LogP contribution is 2.32. The minimum absolute atomic E-state index is 0.0261. The van der Waals surface area contributed by atoms with Crippen LogP contribution in [0.15, 0.2) is 54.6 Å². The maximum atomic E-state index is 13.9. The van der Waals surface area contributed by atoms with Crippen LogP contribution in [-0.4, -0.2) is 62.3 Å². The molecule has 1 aliphatic carbocycles. The zero-order valence-corrected chi connectivity index (χ0v) is 24.7. The van der Waals surface area contributed by atoms with Crippen molar-refractivity contribution >= 4 is 40.9 Å². The van der Waals surface area contributed by atoms with Crippen molar-refractivity contribution in [3.05, 3.63) is 60.2 Å². The molecule has 0 aromatic heterocycles. The van der Waals surface area contributed by atoms with E-state index >= 15 is 0 Å². The highest BCUT2D eigenvalue weighted by Gasteiger charge is 2.33. The van der Waals surface area contributed by atoms with E-state index in [1.807, 2.05) is 77.3 Å². The molecule has 1 saturated carbocycles. The van der Waals surface area contributed by atoms with E-state index in [1.54, 1.807) is 19.9 Å². The number of piperidine rings is 1. The maximum absolute atomic E-state index is 13.9. The van der Waals surface area contributed by atoms with E-state index in [-0.39, 0.29) is 35.9 Å². The summed E-state index contributed by atoms with van der Waals surface area (Å²) in [5, 5.41) is 10.00. The number of rotatable bonds is 9. The Morgan fingerprint density at radius 1 is 1.02 bits per heavy atom. The van der Waals surface area contributed by atoms with Crippen LogP contribution in [-0.2, 0) is 19.1 Å². The van der Waals surface area contributed by atoms with Crippen molar-refractivity contribution in [2.75, 3.05) is 41.9 Å². The van der Waals surface area contributed by atoms with Crippen LogP contribution in [0.2, 0.25) is 0 Å². The molecule has 0 spiro atoms. The van der Waals surface area contributed by atoms with Gasteiger partial charge in [-0.3, -0.25) is 9.59 Å². The molecule has 8 nitrogen and oxygen atoms in total. The number of esters is 1. The fourth-order valence-electron chi connectivity index (χ4n) is 5.61. The third-order valence-electron chi connectivity index (χ3n) is 7.90. The fraction of sp³-hybridized carbons (Fsp3) is 0.485. The van der Waals surface area contributed by atoms with Gasteiger partial charge in [0.15, 0.2) is 0 Å². The van der Waals surface area contributed by atoms with Gasteiger partial charge < -0.3 is 24.5 Å². The van der Waals surface area contributed by atoms with Gasteiger partial charge in [0.05, 0.1) is 12.2 Å². The quantitative estimate of drug-likeness (QED) is 0.341. The van der Waals surface area contributed by atoms with Gasteiger partial charge in [0, 0.05) is 62.7 Å². The zero-order valence-electron chi connectivity index (χ0n) is 24.7. The molecular formula is C33H43N3O5. The third-order valence-corrected chi connectivity index (χ3v) is 7.90. The minimum Gasteiger partial charge on any atom is -0.460 e. The molecule has 0 radical (unpaired) electrons. The number of ether oxygens (including phenoxy) is 1. The number of anilines is 3. The van der Waals surface area contributed by atoms with Crippen LogP contribution >= 0.6 is 0 Å². The summed E-state index contributed by atoms with van der Waals surface area (Å²) in [6.45, 7) is 4.65. The topological polar surface area (TPSA) is 90.4 Å². The Morgan fingerprint density at radius 3 is 2.37 bits per heavy atom. The van der Waals surface area contributed by atoms with Gasteiger partial charge in [-0.1, -0.05) is 12.1 Å². The molecule has 8 heteroatoms. The Labute approximate surface area is 243 Å². The molecule has 2 amide bonds. The molecule has 0 bridgehead atoms. The van der Waals surface area contributed by atoms with Crippen LogP contribution in [0.3, 0.4) is 0 Å². The zero-order chi connectivity index (χ0) is 29.5. The lowest BCUT2D eigenvalue weighted by atomic mass is 9.86. The van der Waals surface area contributed by atoms with Gasteiger partial charge >= 0.3 is 5.97 Å². The Balaban J connectivity index is 1.50. The predicted molar refractivity (Wildman–Crippen MR) is 163 cm³/mol. The number of amides is 2. The van der Waals surface area contributed by atoms with E-state index in [2.05, 4.69) is 0 Å². The molecule has 1 atom stereocenters. The second-order valence-corrected chi connectivity index (χ2v) is 11.7. The summed E-state index contributed by atoms with van der Waals surface area (Å²) in [6.07, 6.45) is 6.23. The summed E-state index contributed by atoms with van der Waals surface area (Å²) in [5.74, 6) is -0.456. The predicted octanol–water partition coefficient (Wildman–Crippen LogP) is 5.04. The fourth-order valence-corrected chi connectivity index (χ4v) is 5.61. The van der Waals surface area contributed by atoms with E-state index < -0.39 is 5.97 Å². The maximum Gasteiger partial charge on any atom is 0.331 e. The number of hydrogen-bond donors (Lipinski definition) is 1. The van der Waals surface area contributed by atoms with Crippen molar-refractivity contribution in [3.8, 4) is 0 Å². The summed E-state index contributed by atoms with van der Waals surface area (Å²) >= 11 is 0. The molecule has 1 unspecified atom stereocenters. The Bertz CT molecular complexity index is 1230. The first kappa shape index (κ1) is 30.3. The average molecular weight is 562 g/mol. The summed E-state index contributed by atoms with van der Waals surface area (Å²) in [4.78, 5) is 44.9. The Kier molecular flexibility index (Phi) is 10.2. The lowest BCUT2D eigenvalue weighted by Gasteiger charge is -2.36. The van der Waals surface area contributed by atoms with Gasteiger partial charge in [0.25, 0.3) is 0 Å². The number of carbonyl (C=O) groups excluding carboxylic acids is 3. The third kappa shape index (κ3) is 8.19. The van der Waals surface area contributed by atoms with E-state index in [1.165, 1.54) is 6.08 Å². The van der Waals surface area contributed by atoms with Gasteiger partial charge in [-0.25, -0.2) is 4.79 Å². The van der Waals surface area contributed by atoms with E-state index in [0.717, 1.165) is 29.0 Å². The molecule has 220 valence electrons. The van der Waals surface area contributed by atoms with E-state index in [0.29, 0.717) is 45.2 Å². The highest BCUT2D eigenvalue weighted by atomic mass is 16.5. The van der Waals surface area contributed by atoms with Crippen LogP contribution in [0.1, 0.15) is 57.9 Å². The van der Waals surface area contributed by atoms with Gasteiger partial charge in [-0.15, -0.1) is 0 Å². The summed E-state index contributed by atoms with van der Waals surface area (Å²) in [5.41, 5.74) is 3.50. The smallest absolute Gasteiger partial charge is 0.331 e. The minimum atomic E-state index is -0.416. The molecule has 1 saturated heterocycles. The van der Waals surface area contributed by atoms with Crippen molar-refractivity contribution in [1.29, 1.82) is 0 Å². The van der Waals surface area contributed by atoms with Crippen molar-refractivity contribution in [2.24, 2.45) is 11.8 Å². The van der Waals surface area contributed by atoms with Crippen molar-refractivity contribution < 1.29 is 24.2 Å². The van der Waals surface area contributed by atoms with Crippen LogP contribution < -0.4 is 14.7 Å². The summed E-state index contributed by atoms with van der Waals surface area (Å²) in [7, 11) is 3.97. The van der Waals surface area contributed by atoms with Crippen molar-refractivity contribution in [1.82, 2.24) is 0 Å². The Morgan fingerprint density at radius 2 is 1.73 bits per heavy atom. The van der Waals surface area contributed by atoms with Crippen molar-refractivity contribution in [3.63, 3.8) is 0 Å². The van der Waals surface area contributed by atoms with Crippen LogP contribution in [0.4, 0.5) is 17.1 Å². The average Bonchev–Trinajstić information content (AvgIpc) is 2.95. The number of aliphatic hydroxyl groups is 1. The molecule has 41 heavy (non-hydrogen) atoms. The second kappa shape index (κ2) is 13.8. The SMILES string of the molecule is CC(C)OC(=O)/C=C/c1cccc(N(CC2CCN(c3ccc(N(C)C)cc3)C(=O)C2)C(=O)C2CCC(O)CC2)c1. The molecule has 1 N–H and O–H groups in total. The van der Waals surface area contributed by atoms with E-state index in [9.17, 15) is 19.5 Å². The highest BCUT2D eigenvalue weighted by molar-refractivity contribution is 5.97. The molecule has 4 rings (SSSR count). The van der Waals surface area contributed by atoms with E-state index in [4.69, 9.17) is 4.74 Å². The van der Waals surface area contributed by atoms with Crippen molar-refractivity contribution in [2.45, 2.75) is 64.6 Å². The number of carbonyl (C=O) groups is 3. The number of nitrogens with zero attached hydrogens (tertiary/aromatic N) is 3. The number of hydrogen-bond acceptors (Lipinski definition) is 6. The van der Waals surface area contributed by atoms with Gasteiger partial charge in [0.1, 0.15) is 0 Å². The molecule has 2 aromatic rings. The normalized spacial score (nSPS) is 21.3. The summed E-state index contributed by atoms with van der Waals surface area (Å²) in [6, 6.07) is 15.6. The van der Waals surface area contributed by atoms with Crippen LogP contribution in [0, 0.1) is 11.8 Å². The van der Waals surface area contributed by atoms with Gasteiger partial charge in [-0.2, -0.15) is 0 Å². The number of aliphatic hydroxyl groups excluding tert-OH is 1. The largest absolute Gasteiger partial charge is 0.460 e. The van der Waals surface area contributed by atoms with Crippen LogP contribution in [0.25, 0.3) is 6.08 Å². The molecule has 2 aliphatic rings. The van der Waals surface area contributed by atoms with Gasteiger partial charge in [-0.05, 0) is 99.9 Å². The summed E-state index contributed by atoms with van der Waals surface area (Å²) < 4.78 is 5.19. The monoisotopic (exact) mass is 561 g/mol. The van der Waals surface area contributed by atoms with Crippen LogP contribution in [0.5, 0.6) is 0 Å². The standard InChI is InChI=1S/C33H43N3O5/c1-23(2)41-32(39)17-8-24-6-5-7-29(20-24)36(33(40)26-9-15-30(37)16-10-26)22-25-18-19-35(31(38)21-25)28-13-11-27(12-14-28)34(3)4/h5-8,11-14,17,20,23,25-26,30,37H,9-10,15-16,18-19,21-22H2,1-4H3/b17-8+. The molecule has 2 fully saturated rings. The molecule has 2 aromatic carbocycles. The first-order valence-electron chi connectivity index (χ1n) is 14.7. The first-order chi connectivity index (χ1) is 19.6. The molecular weight excluding hydrogens is 518 g/mol. The molecule has 1 aliphatic heterocycles. The first-order valence-corrected chi connectivity index (χ1v) is 14.7. The van der Waals surface area contributed by atoms with Gasteiger partial charge in [0.2, 0.25) is 11.8 Å². The molecule has 1 heterocycles. The second-order valence-electron chi connectivity index (χ2n) is 11.7. The lowest BCUT2D eigenvalue weighted by Crippen LogP contribution is -2.45. The lowest BCUT2D eigenvalue weighted by molar-refractivity contribution is -0.141. The Hall–Kier alpha value is -3.65.